The molecule has 0 bridgehead atoms. The van der Waals surface area contributed by atoms with E-state index in [9.17, 15) is 0 Å². The molecular weight excluding hydrogens is 439 g/mol. The Hall–Kier alpha value is -1.02. The minimum Gasteiger partial charge on any atom is -0.378 e. The molecule has 2 aliphatic rings. The second-order valence-electron chi connectivity index (χ2n) is 6.90. The van der Waals surface area contributed by atoms with Crippen molar-refractivity contribution in [1.29, 1.82) is 0 Å². The molecule has 0 atom stereocenters. The Kier molecular flexibility index (Phi) is 9.53. The van der Waals surface area contributed by atoms with Gasteiger partial charge in [0.05, 0.1) is 19.8 Å². The summed E-state index contributed by atoms with van der Waals surface area (Å²) < 4.78 is 5.49. The summed E-state index contributed by atoms with van der Waals surface area (Å²) in [7, 11) is 0. The maximum Gasteiger partial charge on any atom is 0.191 e. The fraction of sp³-hybridized carbons (Fsp3) is 0.650. The van der Waals surface area contributed by atoms with Crippen LogP contribution in [0, 0.1) is 0 Å². The molecule has 1 heterocycles. The first-order chi connectivity index (χ1) is 12.4. The highest BCUT2D eigenvalue weighted by molar-refractivity contribution is 14.0. The molecule has 0 unspecified atom stereocenters. The Balaban J connectivity index is 0.00000243. The molecule has 0 amide bonds. The van der Waals surface area contributed by atoms with Gasteiger partial charge in [-0.15, -0.1) is 24.0 Å². The Morgan fingerprint density at radius 3 is 2.62 bits per heavy atom. The third-order valence-electron chi connectivity index (χ3n) is 5.04. The van der Waals surface area contributed by atoms with Crippen LogP contribution in [0.25, 0.3) is 0 Å². The van der Waals surface area contributed by atoms with Gasteiger partial charge in [-0.2, -0.15) is 0 Å². The molecule has 146 valence electrons. The molecule has 0 radical (unpaired) electrons. The van der Waals surface area contributed by atoms with Crippen molar-refractivity contribution >= 4 is 35.6 Å². The summed E-state index contributed by atoms with van der Waals surface area (Å²) in [6, 6.07) is 9.19. The van der Waals surface area contributed by atoms with Gasteiger partial charge in [0.1, 0.15) is 0 Å². The topological polar surface area (TPSA) is 48.9 Å². The smallest absolute Gasteiger partial charge is 0.191 e. The maximum absolute atomic E-state index is 5.49. The van der Waals surface area contributed by atoms with E-state index < -0.39 is 0 Å². The maximum atomic E-state index is 5.49. The van der Waals surface area contributed by atoms with Gasteiger partial charge in [-0.05, 0) is 31.4 Å². The molecule has 2 N–H and O–H groups in total. The lowest BCUT2D eigenvalue weighted by Gasteiger charge is -2.30. The molecule has 3 rings (SSSR count). The number of guanidine groups is 1. The zero-order chi connectivity index (χ0) is 17.3. The van der Waals surface area contributed by atoms with Gasteiger partial charge in [-0.25, -0.2) is 4.99 Å². The van der Waals surface area contributed by atoms with Crippen LogP contribution in [-0.4, -0.2) is 44.8 Å². The quantitative estimate of drug-likeness (QED) is 0.391. The molecule has 1 aliphatic carbocycles. The molecule has 6 heteroatoms. The van der Waals surface area contributed by atoms with E-state index in [1.54, 1.807) is 0 Å². The minimum atomic E-state index is 0. The predicted octanol–water partition coefficient (Wildman–Crippen LogP) is 3.53. The molecule has 1 aliphatic heterocycles. The van der Waals surface area contributed by atoms with E-state index in [0.29, 0.717) is 12.6 Å². The summed E-state index contributed by atoms with van der Waals surface area (Å²) >= 11 is 0. The van der Waals surface area contributed by atoms with Crippen molar-refractivity contribution in [2.45, 2.75) is 51.6 Å². The fourth-order valence-electron chi connectivity index (χ4n) is 3.68. The highest BCUT2D eigenvalue weighted by Gasteiger charge is 2.16. The van der Waals surface area contributed by atoms with Crippen LogP contribution in [-0.2, 0) is 11.3 Å². The van der Waals surface area contributed by atoms with Crippen molar-refractivity contribution in [2.75, 3.05) is 37.7 Å². The minimum absolute atomic E-state index is 0. The van der Waals surface area contributed by atoms with E-state index in [1.807, 2.05) is 0 Å². The number of para-hydroxylation sites is 1. The van der Waals surface area contributed by atoms with E-state index >= 15 is 0 Å². The van der Waals surface area contributed by atoms with E-state index in [2.05, 4.69) is 46.7 Å². The first-order valence-corrected chi connectivity index (χ1v) is 9.82. The Labute approximate surface area is 175 Å². The third kappa shape index (κ3) is 6.30. The number of nitrogens with one attached hydrogen (secondary N) is 2. The van der Waals surface area contributed by atoms with Gasteiger partial charge in [0, 0.05) is 31.4 Å². The van der Waals surface area contributed by atoms with Crippen LogP contribution >= 0.6 is 24.0 Å². The monoisotopic (exact) mass is 472 g/mol. The number of benzene rings is 1. The molecule has 0 aromatic heterocycles. The summed E-state index contributed by atoms with van der Waals surface area (Å²) in [5.41, 5.74) is 2.58. The highest BCUT2D eigenvalue weighted by Crippen LogP contribution is 2.22. The fourth-order valence-corrected chi connectivity index (χ4v) is 3.68. The van der Waals surface area contributed by atoms with Crippen LogP contribution in [0.1, 0.15) is 44.6 Å². The largest absolute Gasteiger partial charge is 0.378 e. The van der Waals surface area contributed by atoms with Crippen molar-refractivity contribution in [3.63, 3.8) is 0 Å². The SMILES string of the molecule is CCNC(=NCc1ccccc1N1CCOCC1)NC1CCCCC1.I. The molecule has 1 saturated carbocycles. The van der Waals surface area contributed by atoms with Crippen molar-refractivity contribution in [3.05, 3.63) is 29.8 Å². The number of halogens is 1. The standard InChI is InChI=1S/C20H32N4O.HI/c1-2-21-20(23-18-9-4-3-5-10-18)22-16-17-8-6-7-11-19(17)24-12-14-25-15-13-24;/h6-8,11,18H,2-5,9-10,12-16H2,1H3,(H2,21,22,23);1H. The zero-order valence-electron chi connectivity index (χ0n) is 15.9. The number of hydrogen-bond acceptors (Lipinski definition) is 3. The van der Waals surface area contributed by atoms with Crippen LogP contribution in [0.15, 0.2) is 29.3 Å². The lowest BCUT2D eigenvalue weighted by atomic mass is 9.96. The third-order valence-corrected chi connectivity index (χ3v) is 5.04. The Morgan fingerprint density at radius 2 is 1.88 bits per heavy atom. The first-order valence-electron chi connectivity index (χ1n) is 9.82. The molecule has 1 aromatic rings. The number of ether oxygens (including phenoxy) is 1. The molecule has 5 nitrogen and oxygen atoms in total. The predicted molar refractivity (Wildman–Crippen MR) is 120 cm³/mol. The van der Waals surface area contributed by atoms with Crippen molar-refractivity contribution < 1.29 is 4.74 Å². The summed E-state index contributed by atoms with van der Waals surface area (Å²) in [4.78, 5) is 7.28. The van der Waals surface area contributed by atoms with E-state index in [-0.39, 0.29) is 24.0 Å². The zero-order valence-corrected chi connectivity index (χ0v) is 18.2. The Morgan fingerprint density at radius 1 is 1.15 bits per heavy atom. The first kappa shape index (κ1) is 21.3. The summed E-state index contributed by atoms with van der Waals surface area (Å²) in [5.74, 6) is 0.950. The molecular formula is C20H33IN4O. The van der Waals surface area contributed by atoms with Gasteiger partial charge >= 0.3 is 0 Å². The van der Waals surface area contributed by atoms with Gasteiger partial charge in [-0.1, -0.05) is 37.5 Å². The van der Waals surface area contributed by atoms with Crippen molar-refractivity contribution in [2.24, 2.45) is 4.99 Å². The van der Waals surface area contributed by atoms with Gasteiger partial charge in [0.15, 0.2) is 5.96 Å². The van der Waals surface area contributed by atoms with E-state index in [4.69, 9.17) is 9.73 Å². The van der Waals surface area contributed by atoms with Crippen LogP contribution < -0.4 is 15.5 Å². The molecule has 0 spiro atoms. The normalized spacial score (nSPS) is 19.0. The highest BCUT2D eigenvalue weighted by atomic mass is 127. The van der Waals surface area contributed by atoms with Crippen LogP contribution in [0.4, 0.5) is 5.69 Å². The van der Waals surface area contributed by atoms with Crippen molar-refractivity contribution in [1.82, 2.24) is 10.6 Å². The molecule has 26 heavy (non-hydrogen) atoms. The van der Waals surface area contributed by atoms with Crippen LogP contribution in [0.3, 0.4) is 0 Å². The van der Waals surface area contributed by atoms with E-state index in [1.165, 1.54) is 43.4 Å². The average Bonchev–Trinajstić information content (AvgIpc) is 2.68. The lowest BCUT2D eigenvalue weighted by Crippen LogP contribution is -2.44. The summed E-state index contributed by atoms with van der Waals surface area (Å²) in [6.45, 7) is 7.26. The summed E-state index contributed by atoms with van der Waals surface area (Å²) in [5, 5.41) is 7.04. The van der Waals surface area contributed by atoms with Gasteiger partial charge in [0.25, 0.3) is 0 Å². The van der Waals surface area contributed by atoms with Gasteiger partial charge in [0.2, 0.25) is 0 Å². The number of nitrogens with zero attached hydrogens (tertiary/aromatic N) is 2. The molecule has 1 saturated heterocycles. The number of morpholine rings is 1. The number of rotatable bonds is 5. The number of anilines is 1. The second kappa shape index (κ2) is 11.6. The second-order valence-corrected chi connectivity index (χ2v) is 6.90. The van der Waals surface area contributed by atoms with Crippen LogP contribution in [0.2, 0.25) is 0 Å². The van der Waals surface area contributed by atoms with E-state index in [0.717, 1.165) is 38.8 Å². The summed E-state index contributed by atoms with van der Waals surface area (Å²) in [6.07, 6.45) is 6.55. The van der Waals surface area contributed by atoms with Crippen molar-refractivity contribution in [3.8, 4) is 0 Å². The van der Waals surface area contributed by atoms with Crippen LogP contribution in [0.5, 0.6) is 0 Å². The molecule has 2 fully saturated rings. The van der Waals surface area contributed by atoms with Gasteiger partial charge in [-0.3, -0.25) is 0 Å². The number of hydrogen-bond donors (Lipinski definition) is 2. The number of aliphatic imine (C=N–C) groups is 1. The van der Waals surface area contributed by atoms with Gasteiger partial charge < -0.3 is 20.3 Å². The lowest BCUT2D eigenvalue weighted by molar-refractivity contribution is 0.122. The molecule has 1 aromatic carbocycles. The Bertz CT molecular complexity index is 554. The average molecular weight is 472 g/mol.